The van der Waals surface area contributed by atoms with Crippen LogP contribution in [0.5, 0.6) is 11.5 Å². The number of hydrogen-bond donors (Lipinski definition) is 1. The fourth-order valence-corrected chi connectivity index (χ4v) is 2.02. The van der Waals surface area contributed by atoms with E-state index >= 15 is 0 Å². The molecule has 0 aliphatic carbocycles. The van der Waals surface area contributed by atoms with Gasteiger partial charge in [-0.05, 0) is 17.7 Å². The Morgan fingerprint density at radius 3 is 2.74 bits per heavy atom. The Labute approximate surface area is 112 Å². The van der Waals surface area contributed by atoms with Crippen LogP contribution in [-0.4, -0.2) is 44.2 Å². The summed E-state index contributed by atoms with van der Waals surface area (Å²) in [6.45, 7) is 2.82. The molecule has 0 radical (unpaired) electrons. The van der Waals surface area contributed by atoms with Crippen molar-refractivity contribution in [3.8, 4) is 11.5 Å². The third kappa shape index (κ3) is 3.00. The van der Waals surface area contributed by atoms with Gasteiger partial charge in [-0.3, -0.25) is 0 Å². The molecule has 1 unspecified atom stereocenters. The van der Waals surface area contributed by atoms with Gasteiger partial charge >= 0.3 is 0 Å². The number of aliphatic hydroxyl groups is 1. The molecule has 1 atom stereocenters. The topological polar surface area (TPSA) is 57.2 Å². The summed E-state index contributed by atoms with van der Waals surface area (Å²) < 4.78 is 21.7. The van der Waals surface area contributed by atoms with Crippen molar-refractivity contribution in [2.75, 3.05) is 33.0 Å². The molecule has 1 aromatic carbocycles. The lowest BCUT2D eigenvalue weighted by molar-refractivity contribution is -0.143. The van der Waals surface area contributed by atoms with Gasteiger partial charge in [-0.25, -0.2) is 0 Å². The minimum absolute atomic E-state index is 0.120. The molecule has 2 aliphatic heterocycles. The predicted molar refractivity (Wildman–Crippen MR) is 67.6 cm³/mol. The van der Waals surface area contributed by atoms with E-state index < -0.39 is 6.10 Å². The second kappa shape index (κ2) is 5.77. The molecule has 0 aromatic heterocycles. The summed E-state index contributed by atoms with van der Waals surface area (Å²) in [5.41, 5.74) is 0.782. The number of fused-ring (bicyclic) bond motifs is 1. The SMILES string of the molecule is OC(COC1COC1)c1ccc2c(c1)OCCCO2. The van der Waals surface area contributed by atoms with Crippen LogP contribution in [-0.2, 0) is 9.47 Å². The Hall–Kier alpha value is -1.30. The summed E-state index contributed by atoms with van der Waals surface area (Å²) in [6.07, 6.45) is 0.338. The van der Waals surface area contributed by atoms with Gasteiger partial charge in [0.15, 0.2) is 11.5 Å². The van der Waals surface area contributed by atoms with Crippen molar-refractivity contribution in [1.29, 1.82) is 0 Å². The minimum atomic E-state index is -0.655. The summed E-state index contributed by atoms with van der Waals surface area (Å²) >= 11 is 0. The number of rotatable bonds is 4. The second-order valence-electron chi connectivity index (χ2n) is 4.77. The van der Waals surface area contributed by atoms with E-state index in [0.29, 0.717) is 32.2 Å². The first-order valence-corrected chi connectivity index (χ1v) is 6.60. The van der Waals surface area contributed by atoms with E-state index in [1.54, 1.807) is 0 Å². The van der Waals surface area contributed by atoms with Gasteiger partial charge in [-0.1, -0.05) is 6.07 Å². The van der Waals surface area contributed by atoms with Crippen LogP contribution >= 0.6 is 0 Å². The normalized spacial score (nSPS) is 20.5. The molecule has 104 valence electrons. The second-order valence-corrected chi connectivity index (χ2v) is 4.77. The van der Waals surface area contributed by atoms with E-state index in [2.05, 4.69) is 0 Å². The standard InChI is InChI=1S/C14H18O5/c15-12(9-19-11-7-16-8-11)10-2-3-13-14(6-10)18-5-1-4-17-13/h2-3,6,11-12,15H,1,4-5,7-9H2. The molecule has 0 bridgehead atoms. The van der Waals surface area contributed by atoms with Gasteiger partial charge in [-0.15, -0.1) is 0 Å². The summed E-state index contributed by atoms with van der Waals surface area (Å²) in [5.74, 6) is 1.43. The zero-order chi connectivity index (χ0) is 13.1. The monoisotopic (exact) mass is 266 g/mol. The lowest BCUT2D eigenvalue weighted by Gasteiger charge is -2.27. The van der Waals surface area contributed by atoms with Gasteiger partial charge in [0.1, 0.15) is 12.2 Å². The van der Waals surface area contributed by atoms with Crippen LogP contribution in [0.2, 0.25) is 0 Å². The molecule has 2 heterocycles. The first kappa shape index (κ1) is 12.7. The fourth-order valence-electron chi connectivity index (χ4n) is 2.02. The van der Waals surface area contributed by atoms with Crippen molar-refractivity contribution in [3.63, 3.8) is 0 Å². The van der Waals surface area contributed by atoms with Crippen LogP contribution in [0.3, 0.4) is 0 Å². The highest BCUT2D eigenvalue weighted by Gasteiger charge is 2.21. The van der Waals surface area contributed by atoms with Crippen molar-refractivity contribution < 1.29 is 24.1 Å². The van der Waals surface area contributed by atoms with E-state index in [4.69, 9.17) is 18.9 Å². The van der Waals surface area contributed by atoms with Crippen molar-refractivity contribution in [1.82, 2.24) is 0 Å². The molecule has 0 amide bonds. The van der Waals surface area contributed by atoms with Gasteiger partial charge < -0.3 is 24.1 Å². The Kier molecular flexibility index (Phi) is 3.87. The maximum atomic E-state index is 10.1. The van der Waals surface area contributed by atoms with Crippen molar-refractivity contribution in [2.24, 2.45) is 0 Å². The first-order chi connectivity index (χ1) is 9.33. The van der Waals surface area contributed by atoms with Gasteiger partial charge in [-0.2, -0.15) is 0 Å². The first-order valence-electron chi connectivity index (χ1n) is 6.60. The summed E-state index contributed by atoms with van der Waals surface area (Å²) in [7, 11) is 0. The molecule has 2 aliphatic rings. The molecular formula is C14H18O5. The lowest BCUT2D eigenvalue weighted by Crippen LogP contribution is -2.37. The molecule has 1 N–H and O–H groups in total. The van der Waals surface area contributed by atoms with E-state index in [0.717, 1.165) is 17.7 Å². The Balaban J connectivity index is 1.64. The molecule has 5 nitrogen and oxygen atoms in total. The maximum Gasteiger partial charge on any atom is 0.161 e. The third-order valence-corrected chi connectivity index (χ3v) is 3.25. The summed E-state index contributed by atoms with van der Waals surface area (Å²) in [6, 6.07) is 5.51. The molecule has 1 fully saturated rings. The Morgan fingerprint density at radius 2 is 2.00 bits per heavy atom. The number of benzene rings is 1. The van der Waals surface area contributed by atoms with Crippen LogP contribution in [0.15, 0.2) is 18.2 Å². The van der Waals surface area contributed by atoms with E-state index in [-0.39, 0.29) is 12.7 Å². The van der Waals surface area contributed by atoms with E-state index in [1.807, 2.05) is 18.2 Å². The van der Waals surface area contributed by atoms with Gasteiger partial charge in [0, 0.05) is 6.42 Å². The largest absolute Gasteiger partial charge is 0.490 e. The highest BCUT2D eigenvalue weighted by atomic mass is 16.6. The van der Waals surface area contributed by atoms with Crippen LogP contribution in [0.4, 0.5) is 0 Å². The van der Waals surface area contributed by atoms with Gasteiger partial charge in [0.2, 0.25) is 0 Å². The number of aliphatic hydroxyl groups excluding tert-OH is 1. The average Bonchev–Trinajstić information content (AvgIpc) is 2.60. The molecular weight excluding hydrogens is 248 g/mol. The van der Waals surface area contributed by atoms with Crippen molar-refractivity contribution in [3.05, 3.63) is 23.8 Å². The highest BCUT2D eigenvalue weighted by molar-refractivity contribution is 5.44. The molecule has 0 saturated carbocycles. The maximum absolute atomic E-state index is 10.1. The zero-order valence-corrected chi connectivity index (χ0v) is 10.7. The molecule has 5 heteroatoms. The Bertz CT molecular complexity index is 430. The van der Waals surface area contributed by atoms with Crippen LogP contribution < -0.4 is 9.47 Å². The number of hydrogen-bond acceptors (Lipinski definition) is 5. The van der Waals surface area contributed by atoms with Crippen molar-refractivity contribution in [2.45, 2.75) is 18.6 Å². The summed E-state index contributed by atoms with van der Waals surface area (Å²) in [5, 5.41) is 10.1. The fraction of sp³-hybridized carbons (Fsp3) is 0.571. The van der Waals surface area contributed by atoms with Gasteiger partial charge in [0.05, 0.1) is 33.0 Å². The third-order valence-electron chi connectivity index (χ3n) is 3.25. The van der Waals surface area contributed by atoms with Crippen LogP contribution in [0.25, 0.3) is 0 Å². The zero-order valence-electron chi connectivity index (χ0n) is 10.7. The van der Waals surface area contributed by atoms with Crippen LogP contribution in [0, 0.1) is 0 Å². The number of ether oxygens (including phenoxy) is 4. The smallest absolute Gasteiger partial charge is 0.161 e. The summed E-state index contributed by atoms with van der Waals surface area (Å²) in [4.78, 5) is 0. The van der Waals surface area contributed by atoms with E-state index in [9.17, 15) is 5.11 Å². The van der Waals surface area contributed by atoms with Gasteiger partial charge in [0.25, 0.3) is 0 Å². The average molecular weight is 266 g/mol. The molecule has 3 rings (SSSR count). The lowest BCUT2D eigenvalue weighted by atomic mass is 10.1. The molecule has 19 heavy (non-hydrogen) atoms. The predicted octanol–water partition coefficient (Wildman–Crippen LogP) is 1.30. The van der Waals surface area contributed by atoms with E-state index in [1.165, 1.54) is 0 Å². The quantitative estimate of drug-likeness (QED) is 0.890. The Morgan fingerprint density at radius 1 is 1.21 bits per heavy atom. The minimum Gasteiger partial charge on any atom is -0.490 e. The highest BCUT2D eigenvalue weighted by Crippen LogP contribution is 2.32. The van der Waals surface area contributed by atoms with Crippen LogP contribution in [0.1, 0.15) is 18.1 Å². The molecule has 1 aromatic rings. The molecule has 1 saturated heterocycles. The van der Waals surface area contributed by atoms with Crippen molar-refractivity contribution >= 4 is 0 Å². The molecule has 0 spiro atoms.